The summed E-state index contributed by atoms with van der Waals surface area (Å²) in [6.45, 7) is 3.56. The van der Waals surface area contributed by atoms with E-state index in [2.05, 4.69) is 10.7 Å². The number of piperazine rings is 1. The minimum Gasteiger partial charge on any atom is -0.497 e. The number of carbonyl (C=O) groups is 4. The molecule has 2 aromatic carbocycles. The molecule has 2 fully saturated rings. The van der Waals surface area contributed by atoms with E-state index in [1.54, 1.807) is 48.2 Å². The van der Waals surface area contributed by atoms with Gasteiger partial charge in [-0.1, -0.05) is 30.3 Å². The lowest BCUT2D eigenvalue weighted by Crippen LogP contribution is -2.54. The van der Waals surface area contributed by atoms with Gasteiger partial charge in [0.25, 0.3) is 17.7 Å². The molecule has 4 rings (SSSR count). The fourth-order valence-electron chi connectivity index (χ4n) is 4.11. The summed E-state index contributed by atoms with van der Waals surface area (Å²) in [6, 6.07) is 15.2. The lowest BCUT2D eigenvalue weighted by molar-refractivity contribution is -0.139. The normalized spacial score (nSPS) is 20.8. The summed E-state index contributed by atoms with van der Waals surface area (Å²) >= 11 is 0. The van der Waals surface area contributed by atoms with Gasteiger partial charge in [0.05, 0.1) is 13.7 Å². The minimum absolute atomic E-state index is 0.000299. The number of rotatable bonds is 6. The Labute approximate surface area is 197 Å². The van der Waals surface area contributed by atoms with Gasteiger partial charge in [-0.15, -0.1) is 0 Å². The zero-order valence-corrected chi connectivity index (χ0v) is 19.1. The zero-order valence-electron chi connectivity index (χ0n) is 19.1. The highest BCUT2D eigenvalue weighted by atomic mass is 16.5. The lowest BCUT2D eigenvalue weighted by Gasteiger charge is -2.34. The van der Waals surface area contributed by atoms with Gasteiger partial charge in [-0.3, -0.25) is 24.7 Å². The van der Waals surface area contributed by atoms with E-state index in [4.69, 9.17) is 4.74 Å². The maximum Gasteiger partial charge on any atom is 0.344 e. The number of nitrogens with zero attached hydrogens (tertiary/aromatic N) is 3. The van der Waals surface area contributed by atoms with Crippen LogP contribution in [-0.2, 0) is 15.1 Å². The molecule has 0 radical (unpaired) electrons. The number of benzene rings is 2. The maximum absolute atomic E-state index is 13.0. The van der Waals surface area contributed by atoms with Crippen LogP contribution in [0.4, 0.5) is 4.79 Å². The molecule has 1 atom stereocenters. The van der Waals surface area contributed by atoms with Crippen LogP contribution in [0.25, 0.3) is 0 Å². The van der Waals surface area contributed by atoms with Crippen molar-refractivity contribution >= 4 is 23.8 Å². The van der Waals surface area contributed by atoms with E-state index >= 15 is 0 Å². The quantitative estimate of drug-likeness (QED) is 0.615. The second-order valence-electron chi connectivity index (χ2n) is 8.40. The Balaban J connectivity index is 1.32. The predicted octanol–water partition coefficient (Wildman–Crippen LogP) is 0.951. The number of hydrogen-bond acceptors (Lipinski definition) is 6. The molecule has 0 bridgehead atoms. The number of carbonyl (C=O) groups excluding carboxylic acids is 4. The van der Waals surface area contributed by atoms with Crippen molar-refractivity contribution in [2.45, 2.75) is 12.5 Å². The lowest BCUT2D eigenvalue weighted by atomic mass is 9.92. The highest BCUT2D eigenvalue weighted by Crippen LogP contribution is 2.30. The van der Waals surface area contributed by atoms with Gasteiger partial charge >= 0.3 is 6.03 Å². The monoisotopic (exact) mass is 465 g/mol. The van der Waals surface area contributed by atoms with Crippen molar-refractivity contribution in [1.29, 1.82) is 0 Å². The first kappa shape index (κ1) is 23.2. The van der Waals surface area contributed by atoms with Crippen LogP contribution in [0.5, 0.6) is 5.75 Å². The van der Waals surface area contributed by atoms with Gasteiger partial charge < -0.3 is 15.0 Å². The Hall–Kier alpha value is -3.92. The highest BCUT2D eigenvalue weighted by Gasteiger charge is 2.50. The van der Waals surface area contributed by atoms with Gasteiger partial charge in [0.1, 0.15) is 11.3 Å². The van der Waals surface area contributed by atoms with Crippen LogP contribution in [-0.4, -0.2) is 78.4 Å². The van der Waals surface area contributed by atoms with Crippen LogP contribution in [0.1, 0.15) is 22.8 Å². The summed E-state index contributed by atoms with van der Waals surface area (Å²) in [5.41, 5.74) is 2.26. The molecule has 2 N–H and O–H groups in total. The Kier molecular flexibility index (Phi) is 6.51. The average molecular weight is 466 g/mol. The first-order chi connectivity index (χ1) is 16.3. The number of nitrogens with one attached hydrogen (secondary N) is 2. The molecule has 5 amide bonds. The molecule has 2 saturated heterocycles. The van der Waals surface area contributed by atoms with E-state index in [1.165, 1.54) is 7.11 Å². The van der Waals surface area contributed by atoms with Crippen molar-refractivity contribution < 1.29 is 23.9 Å². The van der Waals surface area contributed by atoms with Gasteiger partial charge in [-0.05, 0) is 36.8 Å². The van der Waals surface area contributed by atoms with E-state index in [0.29, 0.717) is 43.1 Å². The summed E-state index contributed by atoms with van der Waals surface area (Å²) in [5.74, 6) is -0.562. The molecule has 0 saturated carbocycles. The summed E-state index contributed by atoms with van der Waals surface area (Å²) in [6.07, 6.45) is 0. The Morgan fingerprint density at radius 3 is 2.41 bits per heavy atom. The fourth-order valence-corrected chi connectivity index (χ4v) is 4.11. The van der Waals surface area contributed by atoms with Crippen LogP contribution < -0.4 is 15.5 Å². The van der Waals surface area contributed by atoms with Crippen LogP contribution >= 0.6 is 0 Å². The van der Waals surface area contributed by atoms with Gasteiger partial charge in [0.2, 0.25) is 0 Å². The number of methoxy groups -OCH3 is 1. The molecule has 2 aliphatic heterocycles. The van der Waals surface area contributed by atoms with Crippen molar-refractivity contribution in [1.82, 2.24) is 25.6 Å². The van der Waals surface area contributed by atoms with Gasteiger partial charge in [0, 0.05) is 31.7 Å². The van der Waals surface area contributed by atoms with Gasteiger partial charge in [0.15, 0.2) is 0 Å². The topological polar surface area (TPSA) is 111 Å². The molecule has 178 valence electrons. The van der Waals surface area contributed by atoms with E-state index in [-0.39, 0.29) is 12.5 Å². The van der Waals surface area contributed by atoms with Crippen LogP contribution in [0, 0.1) is 0 Å². The summed E-state index contributed by atoms with van der Waals surface area (Å²) < 4.78 is 5.21. The molecule has 2 aromatic rings. The molecule has 34 heavy (non-hydrogen) atoms. The standard InChI is InChI=1S/C24H27N5O5/c1-24(18-9-6-10-19(15-18)34-2)22(32)29(23(33)25-24)26-20(30)16-27-11-13-28(14-12-27)21(31)17-7-4-3-5-8-17/h3-10,15H,11-14,16H2,1-2H3,(H,25,33)(H,26,30). The van der Waals surface area contributed by atoms with Crippen molar-refractivity contribution in [3.05, 3.63) is 65.7 Å². The van der Waals surface area contributed by atoms with Crippen LogP contribution in [0.3, 0.4) is 0 Å². The average Bonchev–Trinajstić information content (AvgIpc) is 3.08. The number of amides is 5. The third-order valence-electron chi connectivity index (χ3n) is 6.12. The second-order valence-corrected chi connectivity index (χ2v) is 8.40. The summed E-state index contributed by atoms with van der Waals surface area (Å²) in [7, 11) is 1.51. The third-order valence-corrected chi connectivity index (χ3v) is 6.12. The Morgan fingerprint density at radius 2 is 1.74 bits per heavy atom. The van der Waals surface area contributed by atoms with E-state index < -0.39 is 23.4 Å². The minimum atomic E-state index is -1.33. The largest absolute Gasteiger partial charge is 0.497 e. The predicted molar refractivity (Wildman–Crippen MR) is 123 cm³/mol. The number of hydrazine groups is 1. The second kappa shape index (κ2) is 9.52. The molecular weight excluding hydrogens is 438 g/mol. The Morgan fingerprint density at radius 1 is 1.03 bits per heavy atom. The molecule has 1 unspecified atom stereocenters. The SMILES string of the molecule is COc1cccc(C2(C)NC(=O)N(NC(=O)CN3CCN(C(=O)c4ccccc4)CC3)C2=O)c1. The molecule has 2 heterocycles. The number of hydrogen-bond donors (Lipinski definition) is 2. The summed E-state index contributed by atoms with van der Waals surface area (Å²) in [5, 5.41) is 3.37. The Bertz CT molecular complexity index is 1100. The fraction of sp³-hybridized carbons (Fsp3) is 0.333. The molecule has 0 aliphatic carbocycles. The van der Waals surface area contributed by atoms with Crippen molar-refractivity contribution in [2.24, 2.45) is 0 Å². The number of urea groups is 1. The van der Waals surface area contributed by atoms with E-state index in [1.807, 2.05) is 23.1 Å². The number of imide groups is 1. The molecule has 0 spiro atoms. The van der Waals surface area contributed by atoms with Gasteiger partial charge in [-0.2, -0.15) is 5.01 Å². The van der Waals surface area contributed by atoms with Crippen molar-refractivity contribution in [3.8, 4) is 5.75 Å². The molecule has 10 nitrogen and oxygen atoms in total. The van der Waals surface area contributed by atoms with Crippen molar-refractivity contribution in [2.75, 3.05) is 39.8 Å². The summed E-state index contributed by atoms with van der Waals surface area (Å²) in [4.78, 5) is 54.4. The molecular formula is C24H27N5O5. The maximum atomic E-state index is 13.0. The molecule has 10 heteroatoms. The number of ether oxygens (including phenoxy) is 1. The van der Waals surface area contributed by atoms with Crippen LogP contribution in [0.2, 0.25) is 0 Å². The van der Waals surface area contributed by atoms with Crippen molar-refractivity contribution in [3.63, 3.8) is 0 Å². The van der Waals surface area contributed by atoms with Gasteiger partial charge in [-0.25, -0.2) is 4.79 Å². The molecule has 0 aromatic heterocycles. The van der Waals surface area contributed by atoms with E-state index in [9.17, 15) is 19.2 Å². The van der Waals surface area contributed by atoms with E-state index in [0.717, 1.165) is 5.01 Å². The smallest absolute Gasteiger partial charge is 0.344 e. The first-order valence-corrected chi connectivity index (χ1v) is 11.0. The third kappa shape index (κ3) is 4.58. The zero-order chi connectivity index (χ0) is 24.3. The molecule has 2 aliphatic rings. The first-order valence-electron chi connectivity index (χ1n) is 11.0. The van der Waals surface area contributed by atoms with Crippen LogP contribution in [0.15, 0.2) is 54.6 Å². The highest BCUT2D eigenvalue weighted by molar-refractivity contribution is 6.08.